The summed E-state index contributed by atoms with van der Waals surface area (Å²) in [6, 6.07) is 26.1. The number of aromatic nitrogens is 1. The van der Waals surface area contributed by atoms with Gasteiger partial charge in [0.2, 0.25) is 5.91 Å². The number of benzene rings is 4. The Hall–Kier alpha value is -4.89. The Morgan fingerprint density at radius 3 is 2.35 bits per heavy atom. The Balaban J connectivity index is 0.993. The number of hydrazone groups is 1. The van der Waals surface area contributed by atoms with E-state index in [4.69, 9.17) is 29.0 Å². The monoisotopic (exact) mass is 677 g/mol. The quantitative estimate of drug-likeness (QED) is 0.109. The maximum Gasteiger partial charge on any atom is 0.240 e. The van der Waals surface area contributed by atoms with Gasteiger partial charge in [0.05, 0.1) is 49.4 Å². The maximum absolute atomic E-state index is 12.7. The molecule has 49 heavy (non-hydrogen) atoms. The fourth-order valence-corrected chi connectivity index (χ4v) is 7.06. The van der Waals surface area contributed by atoms with E-state index in [-0.39, 0.29) is 11.9 Å². The predicted octanol–water partition coefficient (Wildman–Crippen LogP) is 9.31. The molecule has 0 bridgehead atoms. The zero-order chi connectivity index (χ0) is 34.3. The van der Waals surface area contributed by atoms with Gasteiger partial charge >= 0.3 is 0 Å². The fourth-order valence-electron chi connectivity index (χ4n) is 6.10. The molecule has 1 aliphatic heterocycles. The highest BCUT2D eigenvalue weighted by atomic mass is 32.1. The van der Waals surface area contributed by atoms with E-state index < -0.39 is 0 Å². The maximum atomic E-state index is 12.7. The molecule has 1 atom stereocenters. The van der Waals surface area contributed by atoms with Gasteiger partial charge in [-0.25, -0.2) is 9.99 Å². The lowest BCUT2D eigenvalue weighted by Gasteiger charge is -2.22. The molecule has 1 aromatic heterocycles. The Morgan fingerprint density at radius 1 is 0.816 bits per heavy atom. The molecule has 1 amide bonds. The van der Waals surface area contributed by atoms with E-state index in [9.17, 15) is 4.79 Å². The number of para-hydroxylation sites is 1. The van der Waals surface area contributed by atoms with E-state index in [1.165, 1.54) is 4.70 Å². The van der Waals surface area contributed by atoms with Crippen LogP contribution in [-0.2, 0) is 4.79 Å². The Kier molecular flexibility index (Phi) is 10.8. The largest absolute Gasteiger partial charge is 0.496 e. The molecule has 1 aliphatic rings. The summed E-state index contributed by atoms with van der Waals surface area (Å²) in [6.07, 6.45) is 4.52. The number of carbonyl (C=O) groups excluding carboxylic acids is 1. The lowest BCUT2D eigenvalue weighted by atomic mass is 9.95. The highest BCUT2D eigenvalue weighted by Crippen LogP contribution is 2.38. The lowest BCUT2D eigenvalue weighted by molar-refractivity contribution is -0.130. The first-order valence-corrected chi connectivity index (χ1v) is 17.6. The number of aryl methyl sites for hydroxylation is 1. The molecule has 0 saturated heterocycles. The van der Waals surface area contributed by atoms with E-state index in [2.05, 4.69) is 31.2 Å². The van der Waals surface area contributed by atoms with Crippen molar-refractivity contribution >= 4 is 33.2 Å². The predicted molar refractivity (Wildman–Crippen MR) is 196 cm³/mol. The number of nitrogens with zero attached hydrogens (tertiary/aromatic N) is 3. The molecule has 254 valence electrons. The van der Waals surface area contributed by atoms with Gasteiger partial charge in [-0.2, -0.15) is 5.10 Å². The van der Waals surface area contributed by atoms with Crippen molar-refractivity contribution in [3.63, 3.8) is 0 Å². The zero-order valence-electron chi connectivity index (χ0n) is 28.8. The smallest absolute Gasteiger partial charge is 0.240 e. The molecule has 0 fully saturated rings. The third-order valence-corrected chi connectivity index (χ3v) is 10.0. The summed E-state index contributed by atoms with van der Waals surface area (Å²) in [4.78, 5) is 17.5. The molecule has 4 aromatic carbocycles. The molecule has 6 rings (SSSR count). The molecule has 0 spiro atoms. The van der Waals surface area contributed by atoms with Gasteiger partial charge in [-0.3, -0.25) is 4.79 Å². The molecule has 0 radical (unpaired) electrons. The number of thiazole rings is 1. The molecule has 0 N–H and O–H groups in total. The third kappa shape index (κ3) is 7.89. The first kappa shape index (κ1) is 34.0. The number of fused-ring (bicyclic) bond motifs is 1. The molecule has 9 heteroatoms. The van der Waals surface area contributed by atoms with Crippen LogP contribution in [0.4, 0.5) is 0 Å². The SMILES string of the molecule is COc1ccc(C2CC(c3cc(C)c(C)c(OC)c3)=NN2C(C)=O)cc1OCCCCCCOc1cccc(-c2nc3ccccc3s2)c1. The second-order valence-electron chi connectivity index (χ2n) is 12.3. The van der Waals surface area contributed by atoms with Crippen molar-refractivity contribution in [1.82, 2.24) is 9.99 Å². The first-order chi connectivity index (χ1) is 23.8. The van der Waals surface area contributed by atoms with Crippen LogP contribution in [0.5, 0.6) is 23.0 Å². The van der Waals surface area contributed by atoms with Crippen molar-refractivity contribution < 1.29 is 23.7 Å². The van der Waals surface area contributed by atoms with E-state index in [1.54, 1.807) is 37.5 Å². The van der Waals surface area contributed by atoms with Crippen molar-refractivity contribution in [2.45, 2.75) is 58.9 Å². The second-order valence-corrected chi connectivity index (χ2v) is 13.3. The summed E-state index contributed by atoms with van der Waals surface area (Å²) in [7, 11) is 3.31. The second kappa shape index (κ2) is 15.6. The van der Waals surface area contributed by atoms with Gasteiger partial charge < -0.3 is 18.9 Å². The fraction of sp³-hybridized carbons (Fsp3) is 0.325. The van der Waals surface area contributed by atoms with E-state index in [0.29, 0.717) is 31.1 Å². The Labute approximate surface area is 292 Å². The number of methoxy groups -OCH3 is 2. The number of hydrogen-bond acceptors (Lipinski definition) is 8. The minimum Gasteiger partial charge on any atom is -0.496 e. The van der Waals surface area contributed by atoms with Crippen molar-refractivity contribution in [2.75, 3.05) is 27.4 Å². The summed E-state index contributed by atoms with van der Waals surface area (Å²) in [5.74, 6) is 2.90. The van der Waals surface area contributed by atoms with Crippen molar-refractivity contribution in [3.8, 4) is 33.6 Å². The molecular weight excluding hydrogens is 635 g/mol. The number of carbonyl (C=O) groups is 1. The number of rotatable bonds is 14. The molecule has 0 saturated carbocycles. The van der Waals surface area contributed by atoms with Gasteiger partial charge in [-0.05, 0) is 105 Å². The summed E-state index contributed by atoms with van der Waals surface area (Å²) in [6.45, 7) is 6.87. The Bertz CT molecular complexity index is 1940. The van der Waals surface area contributed by atoms with Gasteiger partial charge in [-0.1, -0.05) is 30.3 Å². The minimum atomic E-state index is -0.240. The van der Waals surface area contributed by atoms with Gasteiger partial charge in [0.15, 0.2) is 11.5 Å². The van der Waals surface area contributed by atoms with Crippen molar-refractivity contribution in [3.05, 3.63) is 101 Å². The summed E-state index contributed by atoms with van der Waals surface area (Å²) >= 11 is 1.70. The van der Waals surface area contributed by atoms with Gasteiger partial charge in [-0.15, -0.1) is 11.3 Å². The minimum absolute atomic E-state index is 0.112. The number of ether oxygens (including phenoxy) is 4. The Morgan fingerprint density at radius 2 is 1.59 bits per heavy atom. The van der Waals surface area contributed by atoms with Gasteiger partial charge in [0, 0.05) is 24.5 Å². The summed E-state index contributed by atoms with van der Waals surface area (Å²) < 4.78 is 24.7. The van der Waals surface area contributed by atoms with Crippen LogP contribution in [0.2, 0.25) is 0 Å². The summed E-state index contributed by atoms with van der Waals surface area (Å²) in [5, 5.41) is 7.33. The lowest BCUT2D eigenvalue weighted by Crippen LogP contribution is -2.24. The molecule has 0 aliphatic carbocycles. The zero-order valence-corrected chi connectivity index (χ0v) is 29.6. The normalized spacial score (nSPS) is 14.2. The van der Waals surface area contributed by atoms with Crippen molar-refractivity contribution in [2.24, 2.45) is 5.10 Å². The van der Waals surface area contributed by atoms with Crippen LogP contribution in [0, 0.1) is 13.8 Å². The number of hydrogen-bond donors (Lipinski definition) is 0. The van der Waals surface area contributed by atoms with E-state index in [0.717, 1.165) is 81.2 Å². The molecule has 5 aromatic rings. The van der Waals surface area contributed by atoms with Crippen molar-refractivity contribution in [1.29, 1.82) is 0 Å². The van der Waals surface area contributed by atoms with Crippen LogP contribution in [0.1, 0.15) is 67.3 Å². The van der Waals surface area contributed by atoms with Crippen LogP contribution >= 0.6 is 11.3 Å². The molecule has 1 unspecified atom stereocenters. The van der Waals surface area contributed by atoms with E-state index in [1.807, 2.05) is 61.5 Å². The van der Waals surface area contributed by atoms with Crippen LogP contribution < -0.4 is 18.9 Å². The summed E-state index contributed by atoms with van der Waals surface area (Å²) in [5.41, 5.74) is 7.08. The topological polar surface area (TPSA) is 82.5 Å². The molecule has 8 nitrogen and oxygen atoms in total. The number of amides is 1. The highest BCUT2D eigenvalue weighted by molar-refractivity contribution is 7.21. The third-order valence-electron chi connectivity index (χ3n) is 8.92. The van der Waals surface area contributed by atoms with Gasteiger partial charge in [0.1, 0.15) is 16.5 Å². The first-order valence-electron chi connectivity index (χ1n) is 16.8. The molecular formula is C40H43N3O5S. The van der Waals surface area contributed by atoms with E-state index >= 15 is 0 Å². The highest BCUT2D eigenvalue weighted by Gasteiger charge is 2.32. The average Bonchev–Trinajstić information content (AvgIpc) is 3.76. The van der Waals surface area contributed by atoms with Gasteiger partial charge in [0.25, 0.3) is 0 Å². The average molecular weight is 678 g/mol. The number of unbranched alkanes of at least 4 members (excludes halogenated alkanes) is 3. The van der Waals surface area contributed by atoms with Crippen LogP contribution in [0.15, 0.2) is 84.0 Å². The van der Waals surface area contributed by atoms with Crippen LogP contribution in [-0.4, -0.2) is 49.0 Å². The van der Waals surface area contributed by atoms with Crippen LogP contribution in [0.25, 0.3) is 20.8 Å². The van der Waals surface area contributed by atoms with Crippen LogP contribution in [0.3, 0.4) is 0 Å². The molecule has 2 heterocycles. The standard InChI is InChI=1S/C40H43N3O5S/c1-26-21-31(24-37(46-5)27(26)2)34-25-35(43(42-34)28(3)44)29-17-18-36(45-4)38(23-29)48-20-11-7-6-10-19-47-32-14-12-13-30(22-32)40-41-33-15-8-9-16-39(33)49-40/h8-9,12-18,21-24,35H,6-7,10-11,19-20,25H2,1-5H3.